The third kappa shape index (κ3) is 3.51. The first-order valence-corrected chi connectivity index (χ1v) is 7.93. The zero-order chi connectivity index (χ0) is 14.0. The second-order valence-corrected chi connectivity index (χ2v) is 7.40. The molecule has 1 aliphatic rings. The smallest absolute Gasteiger partial charge is 0.0412 e. The Morgan fingerprint density at radius 1 is 1.32 bits per heavy atom. The number of rotatable bonds is 3. The minimum Gasteiger partial charge on any atom is -0.371 e. The molecule has 0 atom stereocenters. The Morgan fingerprint density at radius 3 is 2.53 bits per heavy atom. The van der Waals surface area contributed by atoms with Crippen molar-refractivity contribution in [1.29, 1.82) is 0 Å². The van der Waals surface area contributed by atoms with E-state index in [1.54, 1.807) is 0 Å². The molecular weight excluding hydrogens is 300 g/mol. The zero-order valence-corrected chi connectivity index (χ0v) is 13.8. The molecule has 0 aliphatic heterocycles. The minimum atomic E-state index is 0.522. The molecule has 1 aromatic rings. The molecule has 2 N–H and O–H groups in total. The van der Waals surface area contributed by atoms with Crippen LogP contribution in [-0.4, -0.2) is 13.1 Å². The molecule has 1 aromatic carbocycles. The average molecular weight is 325 g/mol. The van der Waals surface area contributed by atoms with Crippen LogP contribution in [0.1, 0.15) is 45.1 Å². The molecule has 0 saturated heterocycles. The van der Waals surface area contributed by atoms with Crippen molar-refractivity contribution in [3.05, 3.63) is 28.2 Å². The number of anilines is 1. The normalized spacial score (nSPS) is 19.4. The van der Waals surface area contributed by atoms with Gasteiger partial charge < -0.3 is 10.6 Å². The molecule has 0 unspecified atom stereocenters. The summed E-state index contributed by atoms with van der Waals surface area (Å²) < 4.78 is 1.11. The van der Waals surface area contributed by atoms with Gasteiger partial charge in [-0.3, -0.25) is 0 Å². The Kier molecular flexibility index (Phi) is 4.57. The van der Waals surface area contributed by atoms with Crippen molar-refractivity contribution in [3.8, 4) is 0 Å². The van der Waals surface area contributed by atoms with Gasteiger partial charge in [0.1, 0.15) is 0 Å². The fourth-order valence-corrected chi connectivity index (χ4v) is 3.44. The summed E-state index contributed by atoms with van der Waals surface area (Å²) in [5, 5.41) is 0. The van der Waals surface area contributed by atoms with Gasteiger partial charge in [0.15, 0.2) is 0 Å². The van der Waals surface area contributed by atoms with Crippen molar-refractivity contribution in [2.45, 2.75) is 52.1 Å². The Bertz CT molecular complexity index is 432. The van der Waals surface area contributed by atoms with E-state index in [9.17, 15) is 0 Å². The lowest BCUT2D eigenvalue weighted by Crippen LogP contribution is -2.37. The monoisotopic (exact) mass is 324 g/mol. The maximum Gasteiger partial charge on any atom is 0.0412 e. The highest BCUT2D eigenvalue weighted by molar-refractivity contribution is 9.10. The van der Waals surface area contributed by atoms with Gasteiger partial charge in [-0.1, -0.05) is 29.8 Å². The van der Waals surface area contributed by atoms with Crippen LogP contribution in [-0.2, 0) is 6.54 Å². The van der Waals surface area contributed by atoms with Gasteiger partial charge in [0.05, 0.1) is 0 Å². The summed E-state index contributed by atoms with van der Waals surface area (Å²) in [4.78, 5) is 2.43. The van der Waals surface area contributed by atoms with Crippen molar-refractivity contribution in [1.82, 2.24) is 0 Å². The highest BCUT2D eigenvalue weighted by Gasteiger charge is 2.29. The Morgan fingerprint density at radius 2 is 1.95 bits per heavy atom. The molecule has 0 radical (unpaired) electrons. The van der Waals surface area contributed by atoms with E-state index in [4.69, 9.17) is 5.73 Å². The van der Waals surface area contributed by atoms with Crippen molar-refractivity contribution in [2.75, 3.05) is 11.9 Å². The molecule has 1 saturated carbocycles. The van der Waals surface area contributed by atoms with Crippen LogP contribution in [0.5, 0.6) is 0 Å². The Balaban J connectivity index is 2.14. The summed E-state index contributed by atoms with van der Waals surface area (Å²) in [6.45, 7) is 5.36. The number of nitrogens with two attached hydrogens (primary N) is 1. The van der Waals surface area contributed by atoms with E-state index >= 15 is 0 Å². The molecule has 19 heavy (non-hydrogen) atoms. The predicted molar refractivity (Wildman–Crippen MR) is 86.5 cm³/mol. The lowest BCUT2D eigenvalue weighted by Gasteiger charge is -2.40. The number of hydrogen-bond donors (Lipinski definition) is 1. The SMILES string of the molecule is CN(c1ccc(Br)cc1CN)C1CCC(C)(C)CC1. The van der Waals surface area contributed by atoms with Crippen LogP contribution in [0.25, 0.3) is 0 Å². The second-order valence-electron chi connectivity index (χ2n) is 6.48. The van der Waals surface area contributed by atoms with E-state index < -0.39 is 0 Å². The molecule has 1 aliphatic carbocycles. The van der Waals surface area contributed by atoms with E-state index in [1.165, 1.54) is 36.9 Å². The predicted octanol–water partition coefficient (Wildman–Crippen LogP) is 4.31. The van der Waals surface area contributed by atoms with E-state index in [0.29, 0.717) is 18.0 Å². The van der Waals surface area contributed by atoms with Gasteiger partial charge in [0.2, 0.25) is 0 Å². The van der Waals surface area contributed by atoms with Crippen molar-refractivity contribution >= 4 is 21.6 Å². The first kappa shape index (κ1) is 14.9. The topological polar surface area (TPSA) is 29.3 Å². The summed E-state index contributed by atoms with van der Waals surface area (Å²) in [5.74, 6) is 0. The maximum atomic E-state index is 5.88. The highest BCUT2D eigenvalue weighted by Crippen LogP contribution is 2.38. The third-order valence-corrected chi connectivity index (χ3v) is 4.99. The van der Waals surface area contributed by atoms with Gasteiger partial charge in [-0.05, 0) is 54.9 Å². The largest absolute Gasteiger partial charge is 0.371 e. The summed E-state index contributed by atoms with van der Waals surface area (Å²) in [7, 11) is 2.21. The van der Waals surface area contributed by atoms with E-state index in [2.05, 4.69) is 59.9 Å². The first-order valence-electron chi connectivity index (χ1n) is 7.14. The van der Waals surface area contributed by atoms with Crippen LogP contribution in [0.15, 0.2) is 22.7 Å². The molecule has 1 fully saturated rings. The fourth-order valence-electron chi connectivity index (χ4n) is 3.03. The standard InChI is InChI=1S/C16H25BrN2/c1-16(2)8-6-14(7-9-16)19(3)15-5-4-13(17)10-12(15)11-18/h4-5,10,14H,6-9,11,18H2,1-3H3. The Hall–Kier alpha value is -0.540. The third-order valence-electron chi connectivity index (χ3n) is 4.50. The molecule has 0 heterocycles. The molecule has 0 amide bonds. The fraction of sp³-hybridized carbons (Fsp3) is 0.625. The van der Waals surface area contributed by atoms with Crippen molar-refractivity contribution in [2.24, 2.45) is 11.1 Å². The van der Waals surface area contributed by atoms with E-state index in [1.807, 2.05) is 0 Å². The van der Waals surface area contributed by atoms with Crippen LogP contribution in [0.2, 0.25) is 0 Å². The lowest BCUT2D eigenvalue weighted by molar-refractivity contribution is 0.222. The number of nitrogens with zero attached hydrogens (tertiary/aromatic N) is 1. The minimum absolute atomic E-state index is 0.522. The molecule has 2 nitrogen and oxygen atoms in total. The molecular formula is C16H25BrN2. The lowest BCUT2D eigenvalue weighted by atomic mass is 9.75. The Labute approximate surface area is 125 Å². The van der Waals surface area contributed by atoms with Gasteiger partial charge in [-0.2, -0.15) is 0 Å². The molecule has 106 valence electrons. The molecule has 2 rings (SSSR count). The van der Waals surface area contributed by atoms with Crippen molar-refractivity contribution < 1.29 is 0 Å². The van der Waals surface area contributed by atoms with Gasteiger partial charge in [-0.25, -0.2) is 0 Å². The van der Waals surface area contributed by atoms with Crippen LogP contribution in [0, 0.1) is 5.41 Å². The molecule has 0 bridgehead atoms. The zero-order valence-electron chi connectivity index (χ0n) is 12.2. The van der Waals surface area contributed by atoms with Crippen molar-refractivity contribution in [3.63, 3.8) is 0 Å². The number of hydrogen-bond acceptors (Lipinski definition) is 2. The van der Waals surface area contributed by atoms with Gasteiger partial charge >= 0.3 is 0 Å². The summed E-state index contributed by atoms with van der Waals surface area (Å²) in [5.41, 5.74) is 8.92. The van der Waals surface area contributed by atoms with E-state index in [-0.39, 0.29) is 0 Å². The van der Waals surface area contributed by atoms with Gasteiger partial charge in [0, 0.05) is 29.8 Å². The second kappa shape index (κ2) is 5.84. The number of benzene rings is 1. The molecule has 0 aromatic heterocycles. The molecule has 0 spiro atoms. The van der Waals surface area contributed by atoms with E-state index in [0.717, 1.165) is 4.47 Å². The maximum absolute atomic E-state index is 5.88. The number of halogens is 1. The van der Waals surface area contributed by atoms with Crippen LogP contribution >= 0.6 is 15.9 Å². The highest BCUT2D eigenvalue weighted by atomic mass is 79.9. The van der Waals surface area contributed by atoms with Crippen LogP contribution in [0.3, 0.4) is 0 Å². The van der Waals surface area contributed by atoms with Crippen LogP contribution in [0.4, 0.5) is 5.69 Å². The summed E-state index contributed by atoms with van der Waals surface area (Å²) in [6.07, 6.45) is 5.19. The summed E-state index contributed by atoms with van der Waals surface area (Å²) in [6, 6.07) is 7.09. The van der Waals surface area contributed by atoms with Gasteiger partial charge in [0.25, 0.3) is 0 Å². The first-order chi connectivity index (χ1) is 8.93. The molecule has 3 heteroatoms. The summed E-state index contributed by atoms with van der Waals surface area (Å²) >= 11 is 3.52. The average Bonchev–Trinajstić information content (AvgIpc) is 2.37. The van der Waals surface area contributed by atoms with Crippen LogP contribution < -0.4 is 10.6 Å². The quantitative estimate of drug-likeness (QED) is 0.897. The van der Waals surface area contributed by atoms with Gasteiger partial charge in [-0.15, -0.1) is 0 Å².